The molecule has 3 nitrogen and oxygen atoms in total. The van der Waals surface area contributed by atoms with Crippen LogP contribution in [0, 0.1) is 17.8 Å². The minimum absolute atomic E-state index is 0.605. The van der Waals surface area contributed by atoms with Crippen LogP contribution in [0.5, 0.6) is 0 Å². The molecule has 0 radical (unpaired) electrons. The van der Waals surface area contributed by atoms with Crippen LogP contribution >= 0.6 is 0 Å². The topological polar surface area (TPSA) is 43.8 Å². The van der Waals surface area contributed by atoms with Gasteiger partial charge >= 0.3 is 0 Å². The Labute approximate surface area is 104 Å². The van der Waals surface area contributed by atoms with Crippen molar-refractivity contribution in [3.05, 3.63) is 18.0 Å². The van der Waals surface area contributed by atoms with E-state index in [9.17, 15) is 0 Å². The van der Waals surface area contributed by atoms with Gasteiger partial charge in [-0.05, 0) is 49.6 Å². The predicted molar refractivity (Wildman–Crippen MR) is 70.7 cm³/mol. The van der Waals surface area contributed by atoms with Crippen LogP contribution in [0.25, 0.3) is 0 Å². The van der Waals surface area contributed by atoms with Crippen LogP contribution in [-0.2, 0) is 7.05 Å². The van der Waals surface area contributed by atoms with Gasteiger partial charge in [-0.3, -0.25) is 4.68 Å². The third-order valence-electron chi connectivity index (χ3n) is 4.52. The summed E-state index contributed by atoms with van der Waals surface area (Å²) < 4.78 is 2.02. The van der Waals surface area contributed by atoms with Crippen molar-refractivity contribution >= 4 is 0 Å². The molecule has 1 aromatic rings. The molecular weight excluding hydrogens is 210 g/mol. The molecule has 0 bridgehead atoms. The van der Waals surface area contributed by atoms with Crippen molar-refractivity contribution in [2.24, 2.45) is 30.5 Å². The number of rotatable bonds is 3. The predicted octanol–water partition coefficient (Wildman–Crippen LogP) is 2.53. The molecule has 0 spiro atoms. The molecule has 2 rings (SSSR count). The van der Waals surface area contributed by atoms with Crippen LogP contribution in [0.15, 0.2) is 12.3 Å². The molecule has 1 heterocycles. The van der Waals surface area contributed by atoms with Crippen molar-refractivity contribution in [1.82, 2.24) is 9.78 Å². The van der Waals surface area contributed by atoms with Crippen LogP contribution in [-0.4, -0.2) is 16.3 Å². The summed E-state index contributed by atoms with van der Waals surface area (Å²) in [6.07, 6.45) is 5.80. The molecule has 0 aromatic carbocycles. The van der Waals surface area contributed by atoms with E-state index in [-0.39, 0.29) is 0 Å². The van der Waals surface area contributed by atoms with Gasteiger partial charge in [0.05, 0.1) is 0 Å². The van der Waals surface area contributed by atoms with E-state index in [0.717, 1.165) is 18.4 Å². The number of nitrogens with two attached hydrogens (primary N) is 1. The summed E-state index contributed by atoms with van der Waals surface area (Å²) in [6, 6.07) is 2.16. The van der Waals surface area contributed by atoms with Crippen LogP contribution in [0.1, 0.15) is 44.7 Å². The SMILES string of the molecule is CC(C)C1CCC(CN)C(c2ccnn2C)C1. The first-order chi connectivity index (χ1) is 8.13. The van der Waals surface area contributed by atoms with Crippen molar-refractivity contribution in [2.75, 3.05) is 6.54 Å². The van der Waals surface area contributed by atoms with Gasteiger partial charge in [0.15, 0.2) is 0 Å². The molecule has 96 valence electrons. The van der Waals surface area contributed by atoms with Gasteiger partial charge in [-0.2, -0.15) is 5.10 Å². The summed E-state index contributed by atoms with van der Waals surface area (Å²) in [5.41, 5.74) is 7.31. The molecule has 1 fully saturated rings. The first kappa shape index (κ1) is 12.6. The largest absolute Gasteiger partial charge is 0.330 e. The second-order valence-corrected chi connectivity index (χ2v) is 5.80. The Morgan fingerprint density at radius 3 is 2.76 bits per heavy atom. The molecular formula is C14H25N3. The van der Waals surface area contributed by atoms with E-state index in [1.807, 2.05) is 17.9 Å². The molecule has 1 saturated carbocycles. The van der Waals surface area contributed by atoms with Crippen molar-refractivity contribution < 1.29 is 0 Å². The van der Waals surface area contributed by atoms with Crippen LogP contribution < -0.4 is 5.73 Å². The smallest absolute Gasteiger partial charge is 0.0492 e. The lowest BCUT2D eigenvalue weighted by Gasteiger charge is -2.37. The second-order valence-electron chi connectivity index (χ2n) is 5.80. The fourth-order valence-corrected chi connectivity index (χ4v) is 3.26. The van der Waals surface area contributed by atoms with E-state index in [4.69, 9.17) is 5.73 Å². The van der Waals surface area contributed by atoms with Gasteiger partial charge in [0.2, 0.25) is 0 Å². The summed E-state index contributed by atoms with van der Waals surface area (Å²) in [5, 5.41) is 4.31. The minimum atomic E-state index is 0.605. The monoisotopic (exact) mass is 235 g/mol. The summed E-state index contributed by atoms with van der Waals surface area (Å²) in [4.78, 5) is 0. The van der Waals surface area contributed by atoms with Gasteiger partial charge in [-0.15, -0.1) is 0 Å². The number of aryl methyl sites for hydroxylation is 1. The lowest BCUT2D eigenvalue weighted by Crippen LogP contribution is -2.31. The quantitative estimate of drug-likeness (QED) is 0.875. The molecule has 0 amide bonds. The van der Waals surface area contributed by atoms with Crippen molar-refractivity contribution in [3.63, 3.8) is 0 Å². The Morgan fingerprint density at radius 2 is 2.24 bits per heavy atom. The van der Waals surface area contributed by atoms with E-state index in [1.54, 1.807) is 0 Å². The Bertz CT molecular complexity index is 356. The zero-order chi connectivity index (χ0) is 12.4. The van der Waals surface area contributed by atoms with Crippen LogP contribution in [0.2, 0.25) is 0 Å². The summed E-state index contributed by atoms with van der Waals surface area (Å²) in [6.45, 7) is 5.49. The molecule has 3 unspecified atom stereocenters. The average molecular weight is 235 g/mol. The highest BCUT2D eigenvalue weighted by atomic mass is 15.3. The summed E-state index contributed by atoms with van der Waals surface area (Å²) >= 11 is 0. The molecule has 3 atom stereocenters. The van der Waals surface area contributed by atoms with E-state index in [1.165, 1.54) is 25.0 Å². The molecule has 3 heteroatoms. The normalized spacial score (nSPS) is 29.8. The zero-order valence-corrected chi connectivity index (χ0v) is 11.3. The lowest BCUT2D eigenvalue weighted by atomic mass is 9.69. The van der Waals surface area contributed by atoms with Crippen LogP contribution in [0.4, 0.5) is 0 Å². The van der Waals surface area contributed by atoms with Crippen LogP contribution in [0.3, 0.4) is 0 Å². The Balaban J connectivity index is 2.18. The molecule has 1 aliphatic rings. The molecule has 2 N–H and O–H groups in total. The maximum atomic E-state index is 5.94. The Morgan fingerprint density at radius 1 is 1.47 bits per heavy atom. The van der Waals surface area contributed by atoms with E-state index in [0.29, 0.717) is 11.8 Å². The third-order valence-corrected chi connectivity index (χ3v) is 4.52. The van der Waals surface area contributed by atoms with Gasteiger partial charge < -0.3 is 5.73 Å². The highest BCUT2D eigenvalue weighted by molar-refractivity contribution is 5.11. The molecule has 1 aromatic heterocycles. The summed E-state index contributed by atoms with van der Waals surface area (Å²) in [7, 11) is 2.04. The molecule has 1 aliphatic carbocycles. The third kappa shape index (κ3) is 2.54. The van der Waals surface area contributed by atoms with Gasteiger partial charge in [-0.25, -0.2) is 0 Å². The standard InChI is InChI=1S/C14H25N3/c1-10(2)11-4-5-12(9-15)13(8-11)14-6-7-16-17(14)3/h6-7,10-13H,4-5,8-9,15H2,1-3H3. The average Bonchev–Trinajstić information content (AvgIpc) is 2.74. The first-order valence-electron chi connectivity index (χ1n) is 6.81. The molecule has 0 saturated heterocycles. The van der Waals surface area contributed by atoms with Crippen molar-refractivity contribution in [3.8, 4) is 0 Å². The number of aromatic nitrogens is 2. The highest BCUT2D eigenvalue weighted by Crippen LogP contribution is 2.42. The molecule has 0 aliphatic heterocycles. The maximum Gasteiger partial charge on any atom is 0.0492 e. The molecule has 17 heavy (non-hydrogen) atoms. The number of nitrogens with zero attached hydrogens (tertiary/aromatic N) is 2. The zero-order valence-electron chi connectivity index (χ0n) is 11.3. The van der Waals surface area contributed by atoms with E-state index < -0.39 is 0 Å². The number of hydrogen-bond acceptors (Lipinski definition) is 2. The van der Waals surface area contributed by atoms with Crippen molar-refractivity contribution in [1.29, 1.82) is 0 Å². The fraction of sp³-hybridized carbons (Fsp3) is 0.786. The lowest BCUT2D eigenvalue weighted by molar-refractivity contribution is 0.192. The van der Waals surface area contributed by atoms with Crippen molar-refractivity contribution in [2.45, 2.75) is 39.0 Å². The number of hydrogen-bond donors (Lipinski definition) is 1. The summed E-state index contributed by atoms with van der Waals surface area (Å²) in [5.74, 6) is 2.87. The van der Waals surface area contributed by atoms with Gasteiger partial charge in [0, 0.05) is 24.9 Å². The first-order valence-corrected chi connectivity index (χ1v) is 6.81. The minimum Gasteiger partial charge on any atom is -0.330 e. The van der Waals surface area contributed by atoms with Gasteiger partial charge in [-0.1, -0.05) is 13.8 Å². The van der Waals surface area contributed by atoms with Gasteiger partial charge in [0.25, 0.3) is 0 Å². The Hall–Kier alpha value is -0.830. The fourth-order valence-electron chi connectivity index (χ4n) is 3.26. The highest BCUT2D eigenvalue weighted by Gasteiger charge is 2.33. The van der Waals surface area contributed by atoms with Gasteiger partial charge in [0.1, 0.15) is 0 Å². The second kappa shape index (κ2) is 5.21. The maximum absolute atomic E-state index is 5.94. The van der Waals surface area contributed by atoms with E-state index in [2.05, 4.69) is 25.0 Å². The van der Waals surface area contributed by atoms with E-state index >= 15 is 0 Å². The Kier molecular flexibility index (Phi) is 3.87.